The standard InChI is InChI=1S/C12H23N3O3/c1-9(10(16)14-11(17)13-3)15-7-4-5-12(2,18)6-8-15/h9,18H,4-8H2,1-3H3,(H2,13,14,16,17). The third kappa shape index (κ3) is 4.27. The van der Waals surface area contributed by atoms with Crippen LogP contribution in [-0.4, -0.2) is 53.7 Å². The molecule has 0 spiro atoms. The van der Waals surface area contributed by atoms with Gasteiger partial charge in [-0.25, -0.2) is 4.79 Å². The number of amides is 3. The van der Waals surface area contributed by atoms with Crippen LogP contribution in [0.1, 0.15) is 33.1 Å². The lowest BCUT2D eigenvalue weighted by atomic mass is 9.98. The van der Waals surface area contributed by atoms with E-state index in [1.54, 1.807) is 6.92 Å². The molecule has 3 amide bonds. The highest BCUT2D eigenvalue weighted by atomic mass is 16.3. The van der Waals surface area contributed by atoms with Gasteiger partial charge in [-0.1, -0.05) is 0 Å². The van der Waals surface area contributed by atoms with Crippen molar-refractivity contribution < 1.29 is 14.7 Å². The summed E-state index contributed by atoms with van der Waals surface area (Å²) < 4.78 is 0. The molecule has 0 aromatic rings. The summed E-state index contributed by atoms with van der Waals surface area (Å²) in [7, 11) is 1.47. The van der Waals surface area contributed by atoms with Crippen molar-refractivity contribution in [1.82, 2.24) is 15.5 Å². The largest absolute Gasteiger partial charge is 0.390 e. The average molecular weight is 257 g/mol. The smallest absolute Gasteiger partial charge is 0.321 e. The normalized spacial score (nSPS) is 27.1. The lowest BCUT2D eigenvalue weighted by Gasteiger charge is -2.27. The van der Waals surface area contributed by atoms with Crippen molar-refractivity contribution in [2.24, 2.45) is 0 Å². The summed E-state index contributed by atoms with van der Waals surface area (Å²) in [4.78, 5) is 24.9. The molecule has 18 heavy (non-hydrogen) atoms. The summed E-state index contributed by atoms with van der Waals surface area (Å²) in [6.07, 6.45) is 2.24. The van der Waals surface area contributed by atoms with Crippen molar-refractivity contribution in [2.75, 3.05) is 20.1 Å². The Hall–Kier alpha value is -1.14. The maximum atomic E-state index is 11.8. The second-order valence-corrected chi connectivity index (χ2v) is 5.13. The third-order valence-electron chi connectivity index (χ3n) is 3.49. The minimum atomic E-state index is -0.647. The fraction of sp³-hybridized carbons (Fsp3) is 0.833. The predicted molar refractivity (Wildman–Crippen MR) is 68.1 cm³/mol. The highest BCUT2D eigenvalue weighted by Crippen LogP contribution is 2.22. The Morgan fingerprint density at radius 1 is 1.33 bits per heavy atom. The van der Waals surface area contributed by atoms with E-state index in [-0.39, 0.29) is 11.9 Å². The first kappa shape index (κ1) is 14.9. The number of aliphatic hydroxyl groups is 1. The molecule has 0 radical (unpaired) electrons. The van der Waals surface area contributed by atoms with Gasteiger partial charge in [0, 0.05) is 13.6 Å². The number of hydrogen-bond donors (Lipinski definition) is 3. The van der Waals surface area contributed by atoms with E-state index >= 15 is 0 Å². The molecule has 0 aromatic heterocycles. The van der Waals surface area contributed by atoms with Gasteiger partial charge in [0.2, 0.25) is 5.91 Å². The first-order valence-corrected chi connectivity index (χ1v) is 6.35. The number of likely N-dealkylation sites (tertiary alicyclic amines) is 1. The zero-order valence-corrected chi connectivity index (χ0v) is 11.3. The topological polar surface area (TPSA) is 81.7 Å². The second-order valence-electron chi connectivity index (χ2n) is 5.13. The molecule has 1 fully saturated rings. The van der Waals surface area contributed by atoms with Crippen LogP contribution in [0, 0.1) is 0 Å². The molecule has 0 aromatic carbocycles. The zero-order valence-electron chi connectivity index (χ0n) is 11.3. The Balaban J connectivity index is 2.53. The van der Waals surface area contributed by atoms with Crippen LogP contribution in [0.3, 0.4) is 0 Å². The van der Waals surface area contributed by atoms with Crippen LogP contribution < -0.4 is 10.6 Å². The van der Waals surface area contributed by atoms with E-state index in [4.69, 9.17) is 0 Å². The van der Waals surface area contributed by atoms with Gasteiger partial charge in [0.05, 0.1) is 11.6 Å². The van der Waals surface area contributed by atoms with Crippen molar-refractivity contribution in [3.63, 3.8) is 0 Å². The highest BCUT2D eigenvalue weighted by Gasteiger charge is 2.29. The highest BCUT2D eigenvalue weighted by molar-refractivity contribution is 5.96. The average Bonchev–Trinajstić information content (AvgIpc) is 2.49. The van der Waals surface area contributed by atoms with Gasteiger partial charge < -0.3 is 10.4 Å². The van der Waals surface area contributed by atoms with E-state index in [0.717, 1.165) is 19.4 Å². The van der Waals surface area contributed by atoms with Crippen molar-refractivity contribution in [3.05, 3.63) is 0 Å². The molecule has 6 heteroatoms. The summed E-state index contributed by atoms with van der Waals surface area (Å²) in [5, 5.41) is 14.6. The van der Waals surface area contributed by atoms with Crippen LogP contribution in [0.15, 0.2) is 0 Å². The van der Waals surface area contributed by atoms with E-state index in [2.05, 4.69) is 10.6 Å². The SMILES string of the molecule is CNC(=O)NC(=O)C(C)N1CCCC(C)(O)CC1. The van der Waals surface area contributed by atoms with Crippen molar-refractivity contribution in [2.45, 2.75) is 44.8 Å². The van der Waals surface area contributed by atoms with Crippen LogP contribution in [0.5, 0.6) is 0 Å². The van der Waals surface area contributed by atoms with Crippen molar-refractivity contribution in [1.29, 1.82) is 0 Å². The zero-order chi connectivity index (χ0) is 13.8. The van der Waals surface area contributed by atoms with E-state index in [9.17, 15) is 14.7 Å². The summed E-state index contributed by atoms with van der Waals surface area (Å²) in [5.41, 5.74) is -0.647. The molecule has 1 heterocycles. The molecule has 1 aliphatic heterocycles. The number of carbonyl (C=O) groups excluding carboxylic acids is 2. The molecule has 2 atom stereocenters. The summed E-state index contributed by atoms with van der Waals surface area (Å²) in [6, 6.07) is -0.857. The van der Waals surface area contributed by atoms with Crippen LogP contribution in [0.4, 0.5) is 4.79 Å². The Morgan fingerprint density at radius 2 is 2.00 bits per heavy atom. The Kier molecular flexibility index (Phi) is 5.10. The van der Waals surface area contributed by atoms with Gasteiger partial charge in [-0.2, -0.15) is 0 Å². The minimum absolute atomic E-state index is 0.309. The Bertz CT molecular complexity index is 318. The molecular weight excluding hydrogens is 234 g/mol. The number of urea groups is 1. The number of nitrogens with zero attached hydrogens (tertiary/aromatic N) is 1. The van der Waals surface area contributed by atoms with Crippen molar-refractivity contribution >= 4 is 11.9 Å². The number of imide groups is 1. The van der Waals surface area contributed by atoms with Crippen LogP contribution >= 0.6 is 0 Å². The van der Waals surface area contributed by atoms with Crippen molar-refractivity contribution in [3.8, 4) is 0 Å². The molecule has 104 valence electrons. The molecule has 1 saturated heterocycles. The fourth-order valence-electron chi connectivity index (χ4n) is 2.12. The lowest BCUT2D eigenvalue weighted by Crippen LogP contribution is -2.49. The van der Waals surface area contributed by atoms with Crippen LogP contribution in [0.2, 0.25) is 0 Å². The van der Waals surface area contributed by atoms with Crippen LogP contribution in [-0.2, 0) is 4.79 Å². The maximum Gasteiger partial charge on any atom is 0.321 e. The van der Waals surface area contributed by atoms with Gasteiger partial charge >= 0.3 is 6.03 Å². The van der Waals surface area contributed by atoms with E-state index in [1.807, 2.05) is 11.8 Å². The molecule has 1 rings (SSSR count). The number of carbonyl (C=O) groups is 2. The monoisotopic (exact) mass is 257 g/mol. The van der Waals surface area contributed by atoms with E-state index < -0.39 is 11.6 Å². The van der Waals surface area contributed by atoms with Gasteiger partial charge in [-0.15, -0.1) is 0 Å². The maximum absolute atomic E-state index is 11.8. The van der Waals surface area contributed by atoms with E-state index in [0.29, 0.717) is 13.0 Å². The molecule has 0 saturated carbocycles. The van der Waals surface area contributed by atoms with Crippen LogP contribution in [0.25, 0.3) is 0 Å². The number of rotatable bonds is 2. The first-order chi connectivity index (χ1) is 8.35. The predicted octanol–water partition coefficient (Wildman–Crippen LogP) is 0.0674. The Morgan fingerprint density at radius 3 is 2.61 bits per heavy atom. The molecule has 0 aliphatic carbocycles. The van der Waals surface area contributed by atoms with Gasteiger partial charge in [0.1, 0.15) is 0 Å². The number of nitrogens with one attached hydrogen (secondary N) is 2. The molecule has 6 nitrogen and oxygen atoms in total. The second kappa shape index (κ2) is 6.15. The van der Waals surface area contributed by atoms with Gasteiger partial charge in [0.15, 0.2) is 0 Å². The summed E-state index contributed by atoms with van der Waals surface area (Å²) in [5.74, 6) is -0.309. The van der Waals surface area contributed by atoms with Gasteiger partial charge in [-0.05, 0) is 39.7 Å². The number of hydrogen-bond acceptors (Lipinski definition) is 4. The fourth-order valence-corrected chi connectivity index (χ4v) is 2.12. The molecule has 3 N–H and O–H groups in total. The summed E-state index contributed by atoms with van der Waals surface area (Å²) >= 11 is 0. The van der Waals surface area contributed by atoms with Gasteiger partial charge in [-0.3, -0.25) is 15.0 Å². The Labute approximate surface area is 108 Å². The summed E-state index contributed by atoms with van der Waals surface area (Å²) in [6.45, 7) is 5.03. The third-order valence-corrected chi connectivity index (χ3v) is 3.49. The quantitative estimate of drug-likeness (QED) is 0.654. The van der Waals surface area contributed by atoms with Gasteiger partial charge in [0.25, 0.3) is 0 Å². The van der Waals surface area contributed by atoms with E-state index in [1.165, 1.54) is 7.05 Å². The minimum Gasteiger partial charge on any atom is -0.390 e. The molecular formula is C12H23N3O3. The first-order valence-electron chi connectivity index (χ1n) is 6.35. The molecule has 0 bridgehead atoms. The lowest BCUT2D eigenvalue weighted by molar-refractivity contribution is -0.124. The molecule has 2 unspecified atom stereocenters. The molecule has 1 aliphatic rings.